The first-order valence-corrected chi connectivity index (χ1v) is 5.54. The van der Waals surface area contributed by atoms with Crippen LogP contribution in [0.5, 0.6) is 0 Å². The lowest BCUT2D eigenvalue weighted by Crippen LogP contribution is -2.23. The zero-order valence-corrected chi connectivity index (χ0v) is 9.65. The van der Waals surface area contributed by atoms with Crippen molar-refractivity contribution in [2.75, 3.05) is 0 Å². The summed E-state index contributed by atoms with van der Waals surface area (Å²) in [5.74, 6) is 0.541. The van der Waals surface area contributed by atoms with Gasteiger partial charge in [0.25, 0.3) is 6.23 Å². The number of nitrogens with zero attached hydrogens (tertiary/aromatic N) is 2. The molecule has 0 aliphatic carbocycles. The summed E-state index contributed by atoms with van der Waals surface area (Å²) in [6.07, 6.45) is -0.649. The van der Waals surface area contributed by atoms with Gasteiger partial charge in [-0.25, -0.2) is 0 Å². The topological polar surface area (TPSA) is 89.9 Å². The van der Waals surface area contributed by atoms with Crippen molar-refractivity contribution in [3.05, 3.63) is 63.9 Å². The van der Waals surface area contributed by atoms with Crippen molar-refractivity contribution in [3.8, 4) is 0 Å². The second kappa shape index (κ2) is 4.45. The molecule has 7 heteroatoms. The number of hydrogen-bond donors (Lipinski definition) is 1. The number of amidine groups is 1. The van der Waals surface area contributed by atoms with Crippen LogP contribution in [0.1, 0.15) is 17.6 Å². The molecule has 2 aromatic rings. The summed E-state index contributed by atoms with van der Waals surface area (Å²) >= 11 is 0. The first-order valence-electron chi connectivity index (χ1n) is 5.54. The van der Waals surface area contributed by atoms with Gasteiger partial charge < -0.3 is 14.6 Å². The Kier molecular flexibility index (Phi) is 2.64. The molecule has 0 spiro atoms. The number of furan rings is 1. The highest BCUT2D eigenvalue weighted by molar-refractivity contribution is 5.99. The molecule has 0 saturated heterocycles. The summed E-state index contributed by atoms with van der Waals surface area (Å²) in [6.45, 7) is 0. The van der Waals surface area contributed by atoms with Crippen LogP contribution in [0.25, 0.3) is 0 Å². The smallest absolute Gasteiger partial charge is 0.400 e. The minimum atomic E-state index is -0.649. The average molecular weight is 259 g/mol. The van der Waals surface area contributed by atoms with E-state index in [1.54, 1.807) is 0 Å². The highest BCUT2D eigenvalue weighted by Crippen LogP contribution is 2.25. The molecule has 0 amide bonds. The Hall–Kier alpha value is -2.83. The summed E-state index contributed by atoms with van der Waals surface area (Å²) in [4.78, 5) is 15.1. The molecule has 2 heterocycles. The molecule has 1 aromatic heterocycles. The second-order valence-corrected chi connectivity index (χ2v) is 3.87. The molecular weight excluding hydrogens is 250 g/mol. The number of nitrogens with one attached hydrogen (secondary N) is 1. The lowest BCUT2D eigenvalue weighted by Gasteiger charge is -2.05. The minimum Gasteiger partial charge on any atom is -0.400 e. The predicted molar refractivity (Wildman–Crippen MR) is 65.3 cm³/mol. The van der Waals surface area contributed by atoms with Gasteiger partial charge in [0.15, 0.2) is 11.6 Å². The van der Waals surface area contributed by atoms with E-state index in [4.69, 9.17) is 9.25 Å². The highest BCUT2D eigenvalue weighted by Gasteiger charge is 2.27. The van der Waals surface area contributed by atoms with Crippen molar-refractivity contribution in [1.82, 2.24) is 5.32 Å². The average Bonchev–Trinajstić information content (AvgIpc) is 3.09. The Bertz CT molecular complexity index is 635. The third-order valence-corrected chi connectivity index (χ3v) is 2.62. The minimum absolute atomic E-state index is 0.307. The molecule has 1 aliphatic heterocycles. The van der Waals surface area contributed by atoms with Crippen molar-refractivity contribution >= 4 is 11.7 Å². The number of rotatable bonds is 3. The van der Waals surface area contributed by atoms with Gasteiger partial charge in [-0.3, -0.25) is 10.1 Å². The highest BCUT2D eigenvalue weighted by atomic mass is 16.7. The molecule has 0 bridgehead atoms. The molecule has 19 heavy (non-hydrogen) atoms. The molecule has 1 aromatic carbocycles. The van der Waals surface area contributed by atoms with Crippen molar-refractivity contribution in [2.24, 2.45) is 5.16 Å². The number of hydrogen-bond acceptors (Lipinski definition) is 6. The van der Waals surface area contributed by atoms with E-state index in [1.807, 2.05) is 30.3 Å². The maximum Gasteiger partial charge on any atom is 0.433 e. The van der Waals surface area contributed by atoms with Crippen molar-refractivity contribution in [3.63, 3.8) is 0 Å². The third kappa shape index (κ3) is 2.13. The zero-order chi connectivity index (χ0) is 13.2. The maximum atomic E-state index is 10.5. The van der Waals surface area contributed by atoms with Crippen LogP contribution in [-0.4, -0.2) is 10.8 Å². The van der Waals surface area contributed by atoms with Crippen LogP contribution in [0, 0.1) is 10.1 Å². The van der Waals surface area contributed by atoms with Crippen LogP contribution in [0.15, 0.2) is 52.0 Å². The van der Waals surface area contributed by atoms with Gasteiger partial charge in [-0.05, 0) is 6.07 Å². The van der Waals surface area contributed by atoms with E-state index in [9.17, 15) is 10.1 Å². The third-order valence-electron chi connectivity index (χ3n) is 2.62. The van der Waals surface area contributed by atoms with Gasteiger partial charge in [-0.2, -0.15) is 0 Å². The second-order valence-electron chi connectivity index (χ2n) is 3.87. The van der Waals surface area contributed by atoms with E-state index in [1.165, 1.54) is 12.1 Å². The standard InChI is InChI=1S/C12H9N3O4/c16-15(17)10-7-6-9(18-10)12-13-11(14-19-12)8-4-2-1-3-5-8/h1-7,12H,(H,13,14). The van der Waals surface area contributed by atoms with Crippen LogP contribution in [-0.2, 0) is 4.84 Å². The first kappa shape index (κ1) is 11.3. The summed E-state index contributed by atoms with van der Waals surface area (Å²) in [6, 6.07) is 12.2. The van der Waals surface area contributed by atoms with Gasteiger partial charge >= 0.3 is 5.88 Å². The monoisotopic (exact) mass is 259 g/mol. The molecule has 1 aliphatic rings. The number of oxime groups is 1. The van der Waals surface area contributed by atoms with Crippen LogP contribution >= 0.6 is 0 Å². The quantitative estimate of drug-likeness (QED) is 0.673. The zero-order valence-electron chi connectivity index (χ0n) is 9.65. The Morgan fingerprint density at radius 1 is 1.21 bits per heavy atom. The number of benzene rings is 1. The molecule has 1 N–H and O–H groups in total. The molecule has 96 valence electrons. The van der Waals surface area contributed by atoms with Gasteiger partial charge in [0.2, 0.25) is 0 Å². The number of nitro groups is 1. The Morgan fingerprint density at radius 2 is 2.00 bits per heavy atom. The van der Waals surface area contributed by atoms with Crippen LogP contribution in [0.4, 0.5) is 5.88 Å². The van der Waals surface area contributed by atoms with Crippen molar-refractivity contribution in [2.45, 2.75) is 6.23 Å². The Balaban J connectivity index is 1.75. The van der Waals surface area contributed by atoms with E-state index in [0.717, 1.165) is 5.56 Å². The van der Waals surface area contributed by atoms with Crippen LogP contribution in [0.3, 0.4) is 0 Å². The SMILES string of the molecule is O=[N+]([O-])c1ccc(C2NC(c3ccccc3)=NO2)o1. The maximum absolute atomic E-state index is 10.5. The molecule has 1 unspecified atom stereocenters. The first-order chi connectivity index (χ1) is 9.24. The Morgan fingerprint density at radius 3 is 2.68 bits per heavy atom. The molecule has 0 fully saturated rings. The van der Waals surface area contributed by atoms with E-state index in [-0.39, 0.29) is 5.88 Å². The fourth-order valence-corrected chi connectivity index (χ4v) is 1.72. The largest absolute Gasteiger partial charge is 0.433 e. The van der Waals surface area contributed by atoms with Crippen LogP contribution in [0.2, 0.25) is 0 Å². The summed E-state index contributed by atoms with van der Waals surface area (Å²) in [5.41, 5.74) is 0.867. The summed E-state index contributed by atoms with van der Waals surface area (Å²) in [7, 11) is 0. The summed E-state index contributed by atoms with van der Waals surface area (Å²) < 4.78 is 5.05. The molecule has 3 rings (SSSR count). The lowest BCUT2D eigenvalue weighted by molar-refractivity contribution is -0.402. The molecular formula is C12H9N3O4. The summed E-state index contributed by atoms with van der Waals surface area (Å²) in [5, 5.41) is 17.4. The van der Waals surface area contributed by atoms with E-state index < -0.39 is 11.2 Å². The lowest BCUT2D eigenvalue weighted by atomic mass is 10.2. The van der Waals surface area contributed by atoms with Gasteiger partial charge in [-0.15, -0.1) is 0 Å². The van der Waals surface area contributed by atoms with Crippen LogP contribution < -0.4 is 5.32 Å². The Labute approximate surface area is 107 Å². The fourth-order valence-electron chi connectivity index (χ4n) is 1.72. The molecule has 1 atom stereocenters. The van der Waals surface area contributed by atoms with Crippen molar-refractivity contribution in [1.29, 1.82) is 0 Å². The fraction of sp³-hybridized carbons (Fsp3) is 0.0833. The molecule has 0 radical (unpaired) electrons. The normalized spacial score (nSPS) is 17.5. The van der Waals surface area contributed by atoms with Gasteiger partial charge in [0, 0.05) is 5.56 Å². The van der Waals surface area contributed by atoms with E-state index in [2.05, 4.69) is 10.5 Å². The van der Waals surface area contributed by atoms with Gasteiger partial charge in [0.05, 0.1) is 6.07 Å². The van der Waals surface area contributed by atoms with E-state index >= 15 is 0 Å². The van der Waals surface area contributed by atoms with Crippen molar-refractivity contribution < 1.29 is 14.2 Å². The van der Waals surface area contributed by atoms with Gasteiger partial charge in [0.1, 0.15) is 4.92 Å². The predicted octanol–water partition coefficient (Wildman–Crippen LogP) is 2.17. The molecule has 7 nitrogen and oxygen atoms in total. The molecule has 0 saturated carbocycles. The van der Waals surface area contributed by atoms with Gasteiger partial charge in [-0.1, -0.05) is 35.5 Å². The van der Waals surface area contributed by atoms with E-state index in [0.29, 0.717) is 11.6 Å².